The maximum Gasteiger partial charge on any atom is 0.472 e. The average Bonchev–Trinajstić information content (AvgIpc) is 1.51. The smallest absolute Gasteiger partial charge is 0.462 e. The molecule has 0 fully saturated rings. The first-order valence-corrected chi connectivity index (χ1v) is 43.2. The van der Waals surface area contributed by atoms with Gasteiger partial charge in [0.2, 0.25) is 0 Å². The Bertz CT molecular complexity index is 1900. The van der Waals surface area contributed by atoms with Crippen LogP contribution >= 0.6 is 15.6 Å². The lowest BCUT2D eigenvalue weighted by Crippen LogP contribution is -2.30. The number of phosphoric ester groups is 2. The zero-order valence-corrected chi connectivity index (χ0v) is 65.5. The van der Waals surface area contributed by atoms with Crippen molar-refractivity contribution in [2.75, 3.05) is 39.6 Å². The molecule has 0 saturated carbocycles. The monoisotopic (exact) mass is 1420 g/mol. The molecule has 0 rings (SSSR count). The second-order valence-electron chi connectivity index (χ2n) is 30.0. The Morgan fingerprint density at radius 3 is 0.639 bits per heavy atom. The molecule has 0 aromatic carbocycles. The van der Waals surface area contributed by atoms with Crippen LogP contribution in [0.4, 0.5) is 0 Å². The third kappa shape index (κ3) is 72.2. The van der Waals surface area contributed by atoms with Gasteiger partial charge in [-0.3, -0.25) is 37.3 Å². The van der Waals surface area contributed by atoms with Crippen molar-refractivity contribution in [3.8, 4) is 0 Å². The molecule has 0 aromatic heterocycles. The highest BCUT2D eigenvalue weighted by Gasteiger charge is 2.30. The summed E-state index contributed by atoms with van der Waals surface area (Å²) in [5, 5.41) is 10.6. The van der Waals surface area contributed by atoms with Gasteiger partial charge in [0.25, 0.3) is 0 Å². The van der Waals surface area contributed by atoms with E-state index >= 15 is 0 Å². The van der Waals surface area contributed by atoms with Crippen molar-refractivity contribution >= 4 is 39.5 Å². The summed E-state index contributed by atoms with van der Waals surface area (Å²) < 4.78 is 68.5. The molecule has 19 heteroatoms. The largest absolute Gasteiger partial charge is 0.472 e. The first-order valence-electron chi connectivity index (χ1n) is 40.2. The fraction of sp³-hybridized carbons (Fsp3) is 0.949. The van der Waals surface area contributed by atoms with Crippen LogP contribution in [-0.4, -0.2) is 96.7 Å². The maximum absolute atomic E-state index is 13.1. The maximum atomic E-state index is 13.1. The van der Waals surface area contributed by atoms with Crippen molar-refractivity contribution in [2.24, 2.45) is 23.7 Å². The van der Waals surface area contributed by atoms with Crippen LogP contribution in [0.15, 0.2) is 0 Å². The number of hydrogen-bond donors (Lipinski definition) is 3. The van der Waals surface area contributed by atoms with Gasteiger partial charge < -0.3 is 33.8 Å². The topological polar surface area (TPSA) is 237 Å². The molecule has 3 unspecified atom stereocenters. The predicted molar refractivity (Wildman–Crippen MR) is 395 cm³/mol. The highest BCUT2D eigenvalue weighted by Crippen LogP contribution is 2.45. The van der Waals surface area contributed by atoms with Crippen LogP contribution in [0.5, 0.6) is 0 Å². The highest BCUT2D eigenvalue weighted by atomic mass is 31.2. The SMILES string of the molecule is CC(C)CCCCCCCCCCCCCCCCCCCCC(=O)OC[C@H](COP(=O)(O)OCC(O)COP(=O)(O)OC[C@@H](COC(=O)CCCCCCCCCC(C)C)OC(=O)CCCCCCCCCCCCCC(C)C)OC(=O)CCCCCCCCCCCC(C)C. The van der Waals surface area contributed by atoms with E-state index in [1.807, 2.05) is 0 Å². The number of carbonyl (C=O) groups excluding carboxylic acids is 4. The first kappa shape index (κ1) is 95.1. The van der Waals surface area contributed by atoms with Crippen molar-refractivity contribution < 1.29 is 80.2 Å². The van der Waals surface area contributed by atoms with E-state index in [1.165, 1.54) is 193 Å². The summed E-state index contributed by atoms with van der Waals surface area (Å²) in [5.74, 6) is 0.909. The summed E-state index contributed by atoms with van der Waals surface area (Å²) in [6.45, 7) is 14.2. The molecule has 17 nitrogen and oxygen atoms in total. The number of carbonyl (C=O) groups is 4. The Morgan fingerprint density at radius 1 is 0.258 bits per heavy atom. The van der Waals surface area contributed by atoms with Crippen LogP contribution in [0, 0.1) is 23.7 Å². The molecule has 0 bridgehead atoms. The van der Waals surface area contributed by atoms with Crippen LogP contribution in [0.3, 0.4) is 0 Å². The summed E-state index contributed by atoms with van der Waals surface area (Å²) in [4.78, 5) is 72.8. The van der Waals surface area contributed by atoms with Gasteiger partial charge in [-0.15, -0.1) is 0 Å². The van der Waals surface area contributed by atoms with Gasteiger partial charge in [0.05, 0.1) is 26.4 Å². The van der Waals surface area contributed by atoms with Crippen molar-refractivity contribution in [2.45, 2.75) is 414 Å². The van der Waals surface area contributed by atoms with Gasteiger partial charge in [-0.25, -0.2) is 9.13 Å². The summed E-state index contributed by atoms with van der Waals surface area (Å²) in [6.07, 6.45) is 52.9. The van der Waals surface area contributed by atoms with Gasteiger partial charge in [-0.2, -0.15) is 0 Å². The van der Waals surface area contributed by atoms with E-state index in [2.05, 4.69) is 55.4 Å². The lowest BCUT2D eigenvalue weighted by Gasteiger charge is -2.21. The van der Waals surface area contributed by atoms with E-state index in [0.29, 0.717) is 31.6 Å². The number of aliphatic hydroxyl groups excluding tert-OH is 1. The number of unbranched alkanes of at least 4 members (excludes halogenated alkanes) is 41. The summed E-state index contributed by atoms with van der Waals surface area (Å²) in [7, 11) is -9.91. The summed E-state index contributed by atoms with van der Waals surface area (Å²) in [5.41, 5.74) is 0. The zero-order chi connectivity index (χ0) is 71.7. The van der Waals surface area contributed by atoms with Gasteiger partial charge in [-0.05, 0) is 49.4 Å². The molecule has 97 heavy (non-hydrogen) atoms. The van der Waals surface area contributed by atoms with Crippen LogP contribution in [0.1, 0.15) is 396 Å². The fourth-order valence-electron chi connectivity index (χ4n) is 11.9. The van der Waals surface area contributed by atoms with E-state index in [-0.39, 0.29) is 25.7 Å². The minimum absolute atomic E-state index is 0.105. The van der Waals surface area contributed by atoms with Crippen LogP contribution < -0.4 is 0 Å². The fourth-order valence-corrected chi connectivity index (χ4v) is 13.5. The second kappa shape index (κ2) is 67.2. The van der Waals surface area contributed by atoms with Gasteiger partial charge in [-0.1, -0.05) is 344 Å². The molecule has 0 aliphatic carbocycles. The standard InChI is InChI=1S/C78H152O17P2/c1-68(2)54-46-38-30-23-18-15-13-11-9-10-12-14-16-20-26-34-42-50-58-75(80)88-64-73(95-78(83)61-53-45-36-28-22-25-32-40-48-56-70(5)6)66-92-96(84,85)90-62-72(79)63-91-97(86,87)93-67-74(65-89-76(81)59-51-43-37-29-33-41-49-57-71(7)8)94-77(82)60-52-44-35-27-21-17-19-24-31-39-47-55-69(3)4/h68-74,79H,9-67H2,1-8H3,(H,84,85)(H,86,87)/t72?,73-,74-/m1/s1. The molecule has 0 aromatic rings. The Balaban J connectivity index is 5.18. The van der Waals surface area contributed by atoms with Crippen molar-refractivity contribution in [3.63, 3.8) is 0 Å². The third-order valence-electron chi connectivity index (χ3n) is 18.1. The second-order valence-corrected chi connectivity index (χ2v) is 32.9. The van der Waals surface area contributed by atoms with E-state index < -0.39 is 97.5 Å². The van der Waals surface area contributed by atoms with Crippen LogP contribution in [0.2, 0.25) is 0 Å². The van der Waals surface area contributed by atoms with Crippen LogP contribution in [0.25, 0.3) is 0 Å². The first-order chi connectivity index (χ1) is 46.6. The van der Waals surface area contributed by atoms with Crippen molar-refractivity contribution in [1.82, 2.24) is 0 Å². The number of aliphatic hydroxyl groups is 1. The van der Waals surface area contributed by atoms with E-state index in [0.717, 1.165) is 114 Å². The molecule has 0 spiro atoms. The lowest BCUT2D eigenvalue weighted by molar-refractivity contribution is -0.161. The zero-order valence-electron chi connectivity index (χ0n) is 63.7. The van der Waals surface area contributed by atoms with Gasteiger partial charge in [0, 0.05) is 25.7 Å². The van der Waals surface area contributed by atoms with E-state index in [9.17, 15) is 43.2 Å². The van der Waals surface area contributed by atoms with Gasteiger partial charge >= 0.3 is 39.5 Å². The molecule has 5 atom stereocenters. The average molecular weight is 1420 g/mol. The lowest BCUT2D eigenvalue weighted by atomic mass is 10.0. The molecule has 0 amide bonds. The highest BCUT2D eigenvalue weighted by molar-refractivity contribution is 7.47. The van der Waals surface area contributed by atoms with E-state index in [4.69, 9.17) is 37.0 Å². The number of rotatable bonds is 75. The Hall–Kier alpha value is -1.94. The minimum Gasteiger partial charge on any atom is -0.462 e. The quantitative estimate of drug-likeness (QED) is 0.0222. The Kier molecular flexibility index (Phi) is 65.9. The van der Waals surface area contributed by atoms with E-state index in [1.54, 1.807) is 0 Å². The number of esters is 4. The molecule has 576 valence electrons. The number of ether oxygens (including phenoxy) is 4. The normalized spacial score (nSPS) is 14.1. The predicted octanol–water partition coefficient (Wildman–Crippen LogP) is 22.8. The van der Waals surface area contributed by atoms with Crippen molar-refractivity contribution in [3.05, 3.63) is 0 Å². The molecular weight excluding hydrogens is 1270 g/mol. The molecule has 0 heterocycles. The number of hydrogen-bond acceptors (Lipinski definition) is 15. The molecule has 0 aliphatic heterocycles. The molecular formula is C78H152O17P2. The molecule has 0 aliphatic rings. The third-order valence-corrected chi connectivity index (χ3v) is 20.0. The van der Waals surface area contributed by atoms with Gasteiger partial charge in [0.15, 0.2) is 12.2 Å². The molecule has 0 saturated heterocycles. The Labute approximate surface area is 594 Å². The van der Waals surface area contributed by atoms with Crippen molar-refractivity contribution in [1.29, 1.82) is 0 Å². The number of phosphoric acid groups is 2. The summed E-state index contributed by atoms with van der Waals surface area (Å²) >= 11 is 0. The minimum atomic E-state index is -4.96. The summed E-state index contributed by atoms with van der Waals surface area (Å²) in [6, 6.07) is 0. The Morgan fingerprint density at radius 2 is 0.433 bits per heavy atom. The molecule has 0 radical (unpaired) electrons. The van der Waals surface area contributed by atoms with Gasteiger partial charge in [0.1, 0.15) is 19.3 Å². The van der Waals surface area contributed by atoms with Crippen LogP contribution in [-0.2, 0) is 65.4 Å². The molecule has 3 N–H and O–H groups in total.